The Morgan fingerprint density at radius 1 is 1.46 bits per heavy atom. The van der Waals surface area contributed by atoms with Crippen molar-refractivity contribution in [3.05, 3.63) is 23.7 Å². The molecule has 0 aliphatic carbocycles. The van der Waals surface area contributed by atoms with E-state index in [1.807, 2.05) is 31.9 Å². The second-order valence-corrected chi connectivity index (χ2v) is 3.41. The summed E-state index contributed by atoms with van der Waals surface area (Å²) in [5.74, 6) is 0.362. The second kappa shape index (κ2) is 5.79. The van der Waals surface area contributed by atoms with Crippen LogP contribution in [0.2, 0.25) is 0 Å². The van der Waals surface area contributed by atoms with Crippen LogP contribution in [0.5, 0.6) is 0 Å². The fraction of sp³-hybridized carbons (Fsp3) is 0.636. The molecule has 0 unspecified atom stereocenters. The standard InChI is InChI=1S/C11H20FN/c1-6-10(9(3)4)11(8-12)13(5)7-2/h6,8-9H,7H2,1-5H3/b10-6-,11-8-. The summed E-state index contributed by atoms with van der Waals surface area (Å²) < 4.78 is 12.6. The van der Waals surface area contributed by atoms with E-state index in [2.05, 4.69) is 13.8 Å². The molecule has 0 spiro atoms. The average Bonchev–Trinajstić information content (AvgIpc) is 2.12. The lowest BCUT2D eigenvalue weighted by Gasteiger charge is -2.23. The van der Waals surface area contributed by atoms with Gasteiger partial charge in [0, 0.05) is 13.6 Å². The van der Waals surface area contributed by atoms with Crippen LogP contribution in [0.3, 0.4) is 0 Å². The molecule has 0 aromatic carbocycles. The van der Waals surface area contributed by atoms with Gasteiger partial charge in [0.1, 0.15) is 6.33 Å². The van der Waals surface area contributed by atoms with Gasteiger partial charge in [0.2, 0.25) is 0 Å². The summed E-state index contributed by atoms with van der Waals surface area (Å²) in [6.07, 6.45) is 2.67. The lowest BCUT2D eigenvalue weighted by atomic mass is 10.00. The molecular weight excluding hydrogens is 165 g/mol. The van der Waals surface area contributed by atoms with Crippen molar-refractivity contribution in [3.8, 4) is 0 Å². The molecule has 2 heteroatoms. The first kappa shape index (κ1) is 12.2. The van der Waals surface area contributed by atoms with Crippen LogP contribution in [0, 0.1) is 5.92 Å². The summed E-state index contributed by atoms with van der Waals surface area (Å²) in [5, 5.41) is 0. The molecule has 0 aromatic heterocycles. The molecule has 0 bridgehead atoms. The normalized spacial score (nSPS) is 13.8. The number of halogens is 1. The van der Waals surface area contributed by atoms with E-state index in [0.29, 0.717) is 17.9 Å². The van der Waals surface area contributed by atoms with Crippen LogP contribution < -0.4 is 0 Å². The van der Waals surface area contributed by atoms with Gasteiger partial charge in [0.05, 0.1) is 5.70 Å². The molecule has 0 atom stereocenters. The number of allylic oxidation sites excluding steroid dienone is 2. The maximum atomic E-state index is 12.6. The van der Waals surface area contributed by atoms with Crippen LogP contribution in [-0.2, 0) is 0 Å². The largest absolute Gasteiger partial charge is 0.373 e. The SMILES string of the molecule is C/C=C(\C(=C\F)N(C)CC)C(C)C. The van der Waals surface area contributed by atoms with Gasteiger partial charge >= 0.3 is 0 Å². The first-order valence-corrected chi connectivity index (χ1v) is 4.76. The van der Waals surface area contributed by atoms with Crippen LogP contribution in [0.1, 0.15) is 27.7 Å². The summed E-state index contributed by atoms with van der Waals surface area (Å²) in [4.78, 5) is 1.91. The van der Waals surface area contributed by atoms with Crippen LogP contribution in [0.25, 0.3) is 0 Å². The molecule has 0 saturated carbocycles. The fourth-order valence-electron chi connectivity index (χ4n) is 1.31. The van der Waals surface area contributed by atoms with E-state index < -0.39 is 0 Å². The predicted molar refractivity (Wildman–Crippen MR) is 56.1 cm³/mol. The molecule has 0 rings (SSSR count). The number of hydrogen-bond acceptors (Lipinski definition) is 1. The van der Waals surface area contributed by atoms with Crippen molar-refractivity contribution in [2.24, 2.45) is 5.92 Å². The summed E-state index contributed by atoms with van der Waals surface area (Å²) in [6.45, 7) is 8.92. The van der Waals surface area contributed by atoms with Crippen molar-refractivity contribution in [1.29, 1.82) is 0 Å². The Balaban J connectivity index is 4.77. The van der Waals surface area contributed by atoms with E-state index in [4.69, 9.17) is 0 Å². The predicted octanol–water partition coefficient (Wildman–Crippen LogP) is 3.35. The molecule has 0 N–H and O–H groups in total. The Morgan fingerprint density at radius 2 is 2.00 bits per heavy atom. The van der Waals surface area contributed by atoms with Crippen LogP contribution in [0.15, 0.2) is 23.7 Å². The maximum Gasteiger partial charge on any atom is 0.110 e. The van der Waals surface area contributed by atoms with Crippen LogP contribution in [0.4, 0.5) is 4.39 Å². The molecule has 0 aliphatic heterocycles. The number of rotatable bonds is 4. The van der Waals surface area contributed by atoms with Crippen LogP contribution >= 0.6 is 0 Å². The Hall–Kier alpha value is -0.790. The van der Waals surface area contributed by atoms with Crippen molar-refractivity contribution in [3.63, 3.8) is 0 Å². The van der Waals surface area contributed by atoms with E-state index in [1.165, 1.54) is 0 Å². The summed E-state index contributed by atoms with van der Waals surface area (Å²) in [5.41, 5.74) is 1.76. The summed E-state index contributed by atoms with van der Waals surface area (Å²) in [7, 11) is 1.90. The van der Waals surface area contributed by atoms with Crippen molar-refractivity contribution in [2.75, 3.05) is 13.6 Å². The molecular formula is C11H20FN. The van der Waals surface area contributed by atoms with Crippen molar-refractivity contribution in [2.45, 2.75) is 27.7 Å². The van der Waals surface area contributed by atoms with Gasteiger partial charge < -0.3 is 4.90 Å². The summed E-state index contributed by atoms with van der Waals surface area (Å²) >= 11 is 0. The average molecular weight is 185 g/mol. The number of likely N-dealkylation sites (N-methyl/N-ethyl adjacent to an activating group) is 1. The van der Waals surface area contributed by atoms with Gasteiger partial charge in [-0.05, 0) is 25.3 Å². The van der Waals surface area contributed by atoms with E-state index in [0.717, 1.165) is 12.1 Å². The minimum absolute atomic E-state index is 0.362. The quantitative estimate of drug-likeness (QED) is 0.607. The molecule has 0 heterocycles. The molecule has 0 aromatic rings. The first-order valence-electron chi connectivity index (χ1n) is 4.76. The number of nitrogens with zero attached hydrogens (tertiary/aromatic N) is 1. The zero-order chi connectivity index (χ0) is 10.4. The van der Waals surface area contributed by atoms with Gasteiger partial charge in [0.25, 0.3) is 0 Å². The Morgan fingerprint density at radius 3 is 2.23 bits per heavy atom. The highest BCUT2D eigenvalue weighted by Gasteiger charge is 2.11. The molecule has 1 nitrogen and oxygen atoms in total. The van der Waals surface area contributed by atoms with Crippen molar-refractivity contribution < 1.29 is 4.39 Å². The summed E-state index contributed by atoms with van der Waals surface area (Å²) in [6, 6.07) is 0. The van der Waals surface area contributed by atoms with Crippen molar-refractivity contribution in [1.82, 2.24) is 4.90 Å². The molecule has 0 amide bonds. The molecule has 76 valence electrons. The van der Waals surface area contributed by atoms with Gasteiger partial charge in [-0.2, -0.15) is 0 Å². The third-order valence-electron chi connectivity index (χ3n) is 2.22. The first-order chi connectivity index (χ1) is 6.08. The molecule has 0 aliphatic rings. The Bertz CT molecular complexity index is 204. The van der Waals surface area contributed by atoms with Crippen molar-refractivity contribution >= 4 is 0 Å². The fourth-order valence-corrected chi connectivity index (χ4v) is 1.31. The van der Waals surface area contributed by atoms with Crippen LogP contribution in [-0.4, -0.2) is 18.5 Å². The van der Waals surface area contributed by atoms with Gasteiger partial charge in [-0.3, -0.25) is 0 Å². The lowest BCUT2D eigenvalue weighted by Crippen LogP contribution is -2.20. The number of hydrogen-bond donors (Lipinski definition) is 0. The van der Waals surface area contributed by atoms with E-state index >= 15 is 0 Å². The van der Waals surface area contributed by atoms with E-state index in [1.54, 1.807) is 0 Å². The highest BCUT2D eigenvalue weighted by molar-refractivity contribution is 5.29. The van der Waals surface area contributed by atoms with Gasteiger partial charge in [-0.25, -0.2) is 4.39 Å². The van der Waals surface area contributed by atoms with Gasteiger partial charge in [-0.15, -0.1) is 0 Å². The minimum Gasteiger partial charge on any atom is -0.373 e. The zero-order valence-electron chi connectivity index (χ0n) is 9.26. The second-order valence-electron chi connectivity index (χ2n) is 3.41. The Labute approximate surface area is 80.9 Å². The molecule has 0 fully saturated rings. The monoisotopic (exact) mass is 185 g/mol. The maximum absolute atomic E-state index is 12.6. The van der Waals surface area contributed by atoms with E-state index in [-0.39, 0.29) is 0 Å². The molecule has 0 radical (unpaired) electrons. The highest BCUT2D eigenvalue weighted by atomic mass is 19.1. The third-order valence-corrected chi connectivity index (χ3v) is 2.22. The smallest absolute Gasteiger partial charge is 0.110 e. The lowest BCUT2D eigenvalue weighted by molar-refractivity contribution is 0.427. The molecule has 13 heavy (non-hydrogen) atoms. The van der Waals surface area contributed by atoms with Gasteiger partial charge in [0.15, 0.2) is 0 Å². The van der Waals surface area contributed by atoms with E-state index in [9.17, 15) is 4.39 Å². The highest BCUT2D eigenvalue weighted by Crippen LogP contribution is 2.21. The minimum atomic E-state index is 0.362. The topological polar surface area (TPSA) is 3.24 Å². The third kappa shape index (κ3) is 3.21. The van der Waals surface area contributed by atoms with Gasteiger partial charge in [-0.1, -0.05) is 19.9 Å². The molecule has 0 saturated heterocycles. The zero-order valence-corrected chi connectivity index (χ0v) is 9.26. The Kier molecular flexibility index (Phi) is 5.44.